The standard InChI is InChI=1S/C19H21ClN2.C18H18Cl2N2/c1-13-10-16(20)3-4-18(13)14-2-5-19-15(11-14)12-17-6-7-21-8-9-22(17)19;19-14-2-3-17(20)16(11-14)12-1-4-18-13(9-12)10-15-5-6-21-7-8-22(15)18/h2-5,10-11,17,21H,6-9,12H2,1H3;1-4,9,11,15,21H,5-8,10H2. The first-order chi connectivity index (χ1) is 21.4. The number of nitrogens with zero attached hydrogens (tertiary/aromatic N) is 2. The third-order valence-corrected chi connectivity index (χ3v) is 10.5. The number of hydrogen-bond donors (Lipinski definition) is 2. The summed E-state index contributed by atoms with van der Waals surface area (Å²) < 4.78 is 0. The van der Waals surface area contributed by atoms with Gasteiger partial charge in [0.15, 0.2) is 0 Å². The van der Waals surface area contributed by atoms with Crippen LogP contribution in [0.2, 0.25) is 15.1 Å². The van der Waals surface area contributed by atoms with E-state index < -0.39 is 0 Å². The zero-order chi connectivity index (χ0) is 30.2. The van der Waals surface area contributed by atoms with Gasteiger partial charge >= 0.3 is 0 Å². The van der Waals surface area contributed by atoms with Gasteiger partial charge in [-0.3, -0.25) is 0 Å². The van der Waals surface area contributed by atoms with E-state index in [0.29, 0.717) is 12.1 Å². The van der Waals surface area contributed by atoms with Gasteiger partial charge in [-0.1, -0.05) is 53.0 Å². The molecule has 2 N–H and O–H groups in total. The number of benzene rings is 4. The van der Waals surface area contributed by atoms with E-state index in [9.17, 15) is 0 Å². The van der Waals surface area contributed by atoms with Crippen LogP contribution in [-0.2, 0) is 12.8 Å². The zero-order valence-corrected chi connectivity index (χ0v) is 27.5. The van der Waals surface area contributed by atoms with Gasteiger partial charge in [-0.25, -0.2) is 0 Å². The molecule has 44 heavy (non-hydrogen) atoms. The molecule has 8 rings (SSSR count). The van der Waals surface area contributed by atoms with E-state index in [2.05, 4.69) is 69.8 Å². The molecule has 2 atom stereocenters. The number of anilines is 2. The van der Waals surface area contributed by atoms with Gasteiger partial charge in [0.2, 0.25) is 0 Å². The van der Waals surface area contributed by atoms with E-state index in [-0.39, 0.29) is 0 Å². The van der Waals surface area contributed by atoms with Crippen molar-refractivity contribution in [1.29, 1.82) is 0 Å². The van der Waals surface area contributed by atoms with Crippen molar-refractivity contribution in [2.24, 2.45) is 0 Å². The van der Waals surface area contributed by atoms with Crippen molar-refractivity contribution in [3.63, 3.8) is 0 Å². The Morgan fingerprint density at radius 3 is 1.73 bits per heavy atom. The first-order valence-electron chi connectivity index (χ1n) is 15.9. The van der Waals surface area contributed by atoms with Gasteiger partial charge in [0.05, 0.1) is 0 Å². The lowest BCUT2D eigenvalue weighted by Crippen LogP contribution is -2.32. The Kier molecular flexibility index (Phi) is 8.81. The highest BCUT2D eigenvalue weighted by molar-refractivity contribution is 6.35. The summed E-state index contributed by atoms with van der Waals surface area (Å²) >= 11 is 18.6. The Morgan fingerprint density at radius 1 is 0.591 bits per heavy atom. The maximum absolute atomic E-state index is 6.35. The van der Waals surface area contributed by atoms with Crippen molar-refractivity contribution in [2.75, 3.05) is 49.1 Å². The van der Waals surface area contributed by atoms with Gasteiger partial charge in [-0.2, -0.15) is 0 Å². The minimum atomic E-state index is 0.634. The predicted molar refractivity (Wildman–Crippen MR) is 188 cm³/mol. The Hall–Kier alpha value is -2.73. The zero-order valence-electron chi connectivity index (χ0n) is 25.2. The van der Waals surface area contributed by atoms with E-state index in [4.69, 9.17) is 34.8 Å². The quantitative estimate of drug-likeness (QED) is 0.229. The molecule has 4 aliphatic heterocycles. The normalized spacial score (nSPS) is 20.5. The van der Waals surface area contributed by atoms with Crippen molar-refractivity contribution in [3.05, 3.63) is 105 Å². The summed E-state index contributed by atoms with van der Waals surface area (Å²) in [5.74, 6) is 0. The van der Waals surface area contributed by atoms with Gasteiger partial charge in [-0.05, 0) is 134 Å². The highest BCUT2D eigenvalue weighted by atomic mass is 35.5. The molecular formula is C37H39Cl3N4. The number of halogens is 3. The smallest absolute Gasteiger partial charge is 0.0485 e. The minimum Gasteiger partial charge on any atom is -0.367 e. The third kappa shape index (κ3) is 6.08. The monoisotopic (exact) mass is 644 g/mol. The summed E-state index contributed by atoms with van der Waals surface area (Å²) in [5, 5.41) is 9.27. The minimum absolute atomic E-state index is 0.634. The van der Waals surface area contributed by atoms with Crippen LogP contribution in [0.5, 0.6) is 0 Å². The Balaban J connectivity index is 0.000000142. The molecule has 4 aromatic rings. The molecule has 0 bridgehead atoms. The number of fused-ring (bicyclic) bond motifs is 6. The van der Waals surface area contributed by atoms with Crippen molar-refractivity contribution < 1.29 is 0 Å². The van der Waals surface area contributed by atoms with Crippen LogP contribution in [0.25, 0.3) is 22.3 Å². The molecule has 0 aliphatic carbocycles. The molecule has 0 aromatic heterocycles. The summed E-state index contributed by atoms with van der Waals surface area (Å²) in [4.78, 5) is 5.15. The van der Waals surface area contributed by atoms with Crippen molar-refractivity contribution in [1.82, 2.24) is 10.6 Å². The molecule has 7 heteroatoms. The fraction of sp³-hybridized carbons (Fsp3) is 0.351. The molecule has 2 unspecified atom stereocenters. The Labute approximate surface area is 276 Å². The van der Waals surface area contributed by atoms with Crippen LogP contribution in [0.1, 0.15) is 29.5 Å². The summed E-state index contributed by atoms with van der Waals surface area (Å²) in [6.07, 6.45) is 4.76. The highest BCUT2D eigenvalue weighted by Crippen LogP contribution is 2.40. The van der Waals surface area contributed by atoms with Crippen LogP contribution in [-0.4, -0.2) is 51.4 Å². The fourth-order valence-corrected chi connectivity index (χ4v) is 8.12. The first-order valence-corrected chi connectivity index (χ1v) is 17.0. The van der Waals surface area contributed by atoms with E-state index in [1.807, 2.05) is 30.3 Å². The second-order valence-corrected chi connectivity index (χ2v) is 13.7. The van der Waals surface area contributed by atoms with Crippen LogP contribution in [0, 0.1) is 6.92 Å². The van der Waals surface area contributed by atoms with Crippen molar-refractivity contribution in [2.45, 2.75) is 44.7 Å². The number of rotatable bonds is 2. The lowest BCUT2D eigenvalue weighted by atomic mass is 9.97. The van der Waals surface area contributed by atoms with E-state index in [1.165, 1.54) is 58.5 Å². The molecule has 4 heterocycles. The number of nitrogens with one attached hydrogen (secondary N) is 2. The third-order valence-electron chi connectivity index (χ3n) is 9.68. The molecule has 0 saturated carbocycles. The molecule has 4 nitrogen and oxygen atoms in total. The van der Waals surface area contributed by atoms with Gasteiger partial charge in [0.1, 0.15) is 0 Å². The maximum Gasteiger partial charge on any atom is 0.0485 e. The Bertz CT molecular complexity index is 1670. The van der Waals surface area contributed by atoms with E-state index in [1.54, 1.807) is 0 Å². The second-order valence-electron chi connectivity index (χ2n) is 12.5. The van der Waals surface area contributed by atoms with Gasteiger partial charge in [-0.15, -0.1) is 0 Å². The molecule has 0 spiro atoms. The molecule has 4 aliphatic rings. The summed E-state index contributed by atoms with van der Waals surface area (Å²) in [6.45, 7) is 8.76. The van der Waals surface area contributed by atoms with E-state index >= 15 is 0 Å². The van der Waals surface area contributed by atoms with Gasteiger partial charge in [0.25, 0.3) is 0 Å². The van der Waals surface area contributed by atoms with Crippen molar-refractivity contribution >= 4 is 46.2 Å². The van der Waals surface area contributed by atoms with Crippen molar-refractivity contribution in [3.8, 4) is 22.3 Å². The second kappa shape index (κ2) is 12.9. The molecular weight excluding hydrogens is 607 g/mol. The molecule has 228 valence electrons. The lowest BCUT2D eigenvalue weighted by Gasteiger charge is -2.24. The summed E-state index contributed by atoms with van der Waals surface area (Å²) in [6, 6.07) is 26.8. The molecule has 0 amide bonds. The van der Waals surface area contributed by atoms with E-state index in [0.717, 1.165) is 71.9 Å². The number of hydrogen-bond acceptors (Lipinski definition) is 4. The Morgan fingerprint density at radius 2 is 1.14 bits per heavy atom. The number of aryl methyl sites for hydroxylation is 1. The highest BCUT2D eigenvalue weighted by Gasteiger charge is 2.31. The summed E-state index contributed by atoms with van der Waals surface area (Å²) in [7, 11) is 0. The van der Waals surface area contributed by atoms with Crippen LogP contribution in [0.3, 0.4) is 0 Å². The average Bonchev–Trinajstić information content (AvgIpc) is 3.30. The lowest BCUT2D eigenvalue weighted by molar-refractivity contribution is 0.612. The predicted octanol–water partition coefficient (Wildman–Crippen LogP) is 8.42. The fourth-order valence-electron chi connectivity index (χ4n) is 7.49. The largest absolute Gasteiger partial charge is 0.367 e. The molecule has 4 aromatic carbocycles. The van der Waals surface area contributed by atoms with Crippen LogP contribution < -0.4 is 20.4 Å². The van der Waals surface area contributed by atoms with Gasteiger partial charge < -0.3 is 20.4 Å². The van der Waals surface area contributed by atoms with Gasteiger partial charge in [0, 0.05) is 70.3 Å². The van der Waals surface area contributed by atoms with Crippen LogP contribution in [0.4, 0.5) is 11.4 Å². The SMILES string of the molecule is Cc1cc(Cl)ccc1-c1ccc2c(c1)CC1CCNCCN21.Clc1ccc(Cl)c(-c2ccc3c(c2)CC2CCNCCN32)c1. The van der Waals surface area contributed by atoms with Crippen LogP contribution in [0.15, 0.2) is 72.8 Å². The molecule has 2 fully saturated rings. The average molecular weight is 646 g/mol. The first kappa shape index (κ1) is 30.0. The molecule has 0 radical (unpaired) electrons. The molecule has 2 saturated heterocycles. The maximum atomic E-state index is 6.35. The topological polar surface area (TPSA) is 30.5 Å². The van der Waals surface area contributed by atoms with Crippen LogP contribution >= 0.6 is 34.8 Å². The summed E-state index contributed by atoms with van der Waals surface area (Å²) in [5.41, 5.74) is 11.8.